The van der Waals surface area contributed by atoms with E-state index in [0.29, 0.717) is 0 Å². The van der Waals surface area contributed by atoms with Crippen LogP contribution in [-0.4, -0.2) is 14.2 Å². The quantitative estimate of drug-likeness (QED) is 0.126. The molecule has 0 N–H and O–H groups in total. The highest BCUT2D eigenvalue weighted by Crippen LogP contribution is 2.58. The van der Waals surface area contributed by atoms with E-state index in [9.17, 15) is 0 Å². The van der Waals surface area contributed by atoms with E-state index < -0.39 is 5.41 Å². The van der Waals surface area contributed by atoms with Crippen LogP contribution in [0.5, 0.6) is 11.5 Å². The molecule has 1 aliphatic carbocycles. The minimum absolute atomic E-state index is 0.473. The molecule has 5 aromatic carbocycles. The fourth-order valence-electron chi connectivity index (χ4n) is 7.52. The van der Waals surface area contributed by atoms with Gasteiger partial charge in [-0.25, -0.2) is 0 Å². The van der Waals surface area contributed by atoms with E-state index in [0.717, 1.165) is 17.9 Å². The van der Waals surface area contributed by atoms with Crippen LogP contribution in [0.4, 0.5) is 0 Å². The Labute approximate surface area is 264 Å². The van der Waals surface area contributed by atoms with Gasteiger partial charge in [0.15, 0.2) is 0 Å². The summed E-state index contributed by atoms with van der Waals surface area (Å²) in [5, 5.41) is 2.46. The number of ether oxygens (including phenoxy) is 2. The Morgan fingerprint density at radius 2 is 1.23 bits per heavy atom. The molecule has 6 rings (SSSR count). The van der Waals surface area contributed by atoms with Gasteiger partial charge in [-0.3, -0.25) is 0 Å². The molecule has 1 aliphatic rings. The number of fused-ring (bicyclic) bond motifs is 4. The van der Waals surface area contributed by atoms with E-state index in [4.69, 9.17) is 9.47 Å². The van der Waals surface area contributed by atoms with Gasteiger partial charge < -0.3 is 9.47 Å². The highest BCUT2D eigenvalue weighted by molar-refractivity contribution is 5.99. The van der Waals surface area contributed by atoms with E-state index in [2.05, 4.69) is 111 Å². The van der Waals surface area contributed by atoms with Crippen molar-refractivity contribution in [2.24, 2.45) is 0 Å². The zero-order chi connectivity index (χ0) is 30.5. The van der Waals surface area contributed by atoms with E-state index in [1.807, 2.05) is 0 Å². The molecule has 2 nitrogen and oxygen atoms in total. The van der Waals surface area contributed by atoms with Crippen molar-refractivity contribution in [1.29, 1.82) is 0 Å². The highest BCUT2D eigenvalue weighted by atomic mass is 16.5. The minimum atomic E-state index is -0.473. The molecule has 0 fully saturated rings. The summed E-state index contributed by atoms with van der Waals surface area (Å²) in [6, 6.07) is 36.0. The lowest BCUT2D eigenvalue weighted by atomic mass is 9.67. The van der Waals surface area contributed by atoms with Crippen LogP contribution in [0.25, 0.3) is 21.9 Å². The predicted molar refractivity (Wildman–Crippen MR) is 185 cm³/mol. The van der Waals surface area contributed by atoms with Gasteiger partial charge in [-0.2, -0.15) is 0 Å². The molecule has 0 aromatic heterocycles. The van der Waals surface area contributed by atoms with Crippen molar-refractivity contribution in [2.45, 2.75) is 77.0 Å². The fraction of sp³-hybridized carbons (Fsp3) is 0.333. The normalized spacial score (nSPS) is 15.3. The van der Waals surface area contributed by atoms with Gasteiger partial charge in [-0.1, -0.05) is 119 Å². The number of rotatable bonds is 13. The molecule has 0 spiro atoms. The topological polar surface area (TPSA) is 18.5 Å². The molecule has 0 bridgehead atoms. The summed E-state index contributed by atoms with van der Waals surface area (Å²) < 4.78 is 11.5. The Kier molecular flexibility index (Phi) is 9.07. The second-order valence-electron chi connectivity index (χ2n) is 12.5. The third kappa shape index (κ3) is 5.40. The molecule has 0 saturated heterocycles. The van der Waals surface area contributed by atoms with E-state index >= 15 is 0 Å². The zero-order valence-corrected chi connectivity index (χ0v) is 26.9. The van der Waals surface area contributed by atoms with Gasteiger partial charge in [0, 0.05) is 0 Å². The molecule has 44 heavy (non-hydrogen) atoms. The summed E-state index contributed by atoms with van der Waals surface area (Å²) in [5.74, 6) is 1.76. The SMILES string of the molecule is CCCCCCCCCCc1ccc(C2(c3ccccc3)c3cc(OC)ccc3-c3c2cc2cc(OC)ccc2c3C)cc1. The smallest absolute Gasteiger partial charge is 0.119 e. The molecular weight excluding hydrogens is 536 g/mol. The number of hydrogen-bond donors (Lipinski definition) is 0. The van der Waals surface area contributed by atoms with Crippen molar-refractivity contribution >= 4 is 10.8 Å². The van der Waals surface area contributed by atoms with Crippen molar-refractivity contribution in [2.75, 3.05) is 14.2 Å². The van der Waals surface area contributed by atoms with E-state index in [-0.39, 0.29) is 0 Å². The average Bonchev–Trinajstić information content (AvgIpc) is 3.36. The molecule has 1 atom stereocenters. The van der Waals surface area contributed by atoms with Gasteiger partial charge in [0.2, 0.25) is 0 Å². The summed E-state index contributed by atoms with van der Waals surface area (Å²) in [4.78, 5) is 0. The lowest BCUT2D eigenvalue weighted by Gasteiger charge is -2.34. The van der Waals surface area contributed by atoms with Crippen molar-refractivity contribution in [3.8, 4) is 22.6 Å². The lowest BCUT2D eigenvalue weighted by molar-refractivity contribution is 0.414. The summed E-state index contributed by atoms with van der Waals surface area (Å²) in [7, 11) is 3.51. The van der Waals surface area contributed by atoms with Crippen LogP contribution in [0.2, 0.25) is 0 Å². The molecule has 5 aromatic rings. The van der Waals surface area contributed by atoms with Gasteiger partial charge in [0.1, 0.15) is 11.5 Å². The van der Waals surface area contributed by atoms with Crippen molar-refractivity contribution < 1.29 is 9.47 Å². The van der Waals surface area contributed by atoms with Crippen LogP contribution in [0, 0.1) is 6.92 Å². The lowest BCUT2D eigenvalue weighted by Crippen LogP contribution is -2.28. The van der Waals surface area contributed by atoms with Crippen LogP contribution in [-0.2, 0) is 11.8 Å². The maximum Gasteiger partial charge on any atom is 0.119 e. The second kappa shape index (κ2) is 13.3. The van der Waals surface area contributed by atoms with Gasteiger partial charge in [0.05, 0.1) is 19.6 Å². The Bertz CT molecular complexity index is 1720. The summed E-state index contributed by atoms with van der Waals surface area (Å²) in [6.07, 6.45) is 11.9. The average molecular weight is 583 g/mol. The number of unbranched alkanes of at least 4 members (excludes halogenated alkanes) is 7. The van der Waals surface area contributed by atoms with Crippen LogP contribution in [0.3, 0.4) is 0 Å². The third-order valence-electron chi connectivity index (χ3n) is 9.82. The van der Waals surface area contributed by atoms with Gasteiger partial charge in [-0.15, -0.1) is 0 Å². The molecule has 0 aliphatic heterocycles. The number of hydrogen-bond acceptors (Lipinski definition) is 2. The molecule has 1 unspecified atom stereocenters. The molecule has 0 radical (unpaired) electrons. The number of methoxy groups -OCH3 is 2. The molecule has 226 valence electrons. The largest absolute Gasteiger partial charge is 0.497 e. The Morgan fingerprint density at radius 1 is 0.591 bits per heavy atom. The third-order valence-corrected chi connectivity index (χ3v) is 9.82. The Hall–Kier alpha value is -4.04. The molecule has 0 amide bonds. The zero-order valence-electron chi connectivity index (χ0n) is 26.9. The summed E-state index contributed by atoms with van der Waals surface area (Å²) in [5.41, 5.74) is 10.0. The molecule has 0 saturated carbocycles. The number of aryl methyl sites for hydroxylation is 2. The molecule has 2 heteroatoms. The van der Waals surface area contributed by atoms with Crippen molar-refractivity contribution in [1.82, 2.24) is 0 Å². The van der Waals surface area contributed by atoms with E-state index in [1.54, 1.807) is 14.2 Å². The van der Waals surface area contributed by atoms with Crippen molar-refractivity contribution in [3.05, 3.63) is 130 Å². The Morgan fingerprint density at radius 3 is 1.93 bits per heavy atom. The van der Waals surface area contributed by atoms with Gasteiger partial charge >= 0.3 is 0 Å². The monoisotopic (exact) mass is 582 g/mol. The summed E-state index contributed by atoms with van der Waals surface area (Å²) in [6.45, 7) is 4.56. The van der Waals surface area contributed by atoms with Crippen LogP contribution >= 0.6 is 0 Å². The summed E-state index contributed by atoms with van der Waals surface area (Å²) >= 11 is 0. The second-order valence-corrected chi connectivity index (χ2v) is 12.5. The minimum Gasteiger partial charge on any atom is -0.497 e. The van der Waals surface area contributed by atoms with Gasteiger partial charge in [0.25, 0.3) is 0 Å². The maximum atomic E-state index is 5.84. The van der Waals surface area contributed by atoms with Gasteiger partial charge in [-0.05, 0) is 105 Å². The first kappa shape index (κ1) is 30.0. The van der Waals surface area contributed by atoms with Crippen LogP contribution < -0.4 is 9.47 Å². The van der Waals surface area contributed by atoms with Crippen molar-refractivity contribution in [3.63, 3.8) is 0 Å². The first-order valence-corrected chi connectivity index (χ1v) is 16.6. The van der Waals surface area contributed by atoms with Crippen LogP contribution in [0.15, 0.2) is 97.1 Å². The fourth-order valence-corrected chi connectivity index (χ4v) is 7.52. The first-order chi connectivity index (χ1) is 21.6. The number of benzene rings is 5. The Balaban J connectivity index is 1.45. The molecular formula is C42H46O2. The predicted octanol–water partition coefficient (Wildman–Crippen LogP) is 11.2. The first-order valence-electron chi connectivity index (χ1n) is 16.6. The van der Waals surface area contributed by atoms with E-state index in [1.165, 1.54) is 107 Å². The standard InChI is InChI=1S/C42H46O2/c1-5-6-7-8-9-10-11-13-16-31-19-21-34(22-20-31)42(33-17-14-12-15-18-33)39-29-36(44-4)24-26-38(39)41-30(2)37-25-23-35(43-3)27-32(37)28-40(41)42/h12,14-15,17-29H,5-11,13,16H2,1-4H3. The maximum absolute atomic E-state index is 5.84. The molecule has 0 heterocycles. The van der Waals surface area contributed by atoms with Crippen LogP contribution in [0.1, 0.15) is 91.7 Å². The highest BCUT2D eigenvalue weighted by Gasteiger charge is 2.47.